The zero-order valence-electron chi connectivity index (χ0n) is 16.7. The number of nitrogens with zero attached hydrogens (tertiary/aromatic N) is 2. The van der Waals surface area contributed by atoms with Crippen molar-refractivity contribution in [1.29, 1.82) is 0 Å². The van der Waals surface area contributed by atoms with Gasteiger partial charge in [0.25, 0.3) is 5.91 Å². The second-order valence-electron chi connectivity index (χ2n) is 7.56. The van der Waals surface area contributed by atoms with Crippen LogP contribution in [-0.4, -0.2) is 35.2 Å². The molecule has 0 aliphatic carbocycles. The van der Waals surface area contributed by atoms with Gasteiger partial charge in [0.15, 0.2) is 0 Å². The number of aliphatic hydroxyl groups is 1. The number of hydrogen-bond acceptors (Lipinski definition) is 4. The number of aromatic nitrogens is 1. The summed E-state index contributed by atoms with van der Waals surface area (Å²) < 4.78 is 0. The fourth-order valence-electron chi connectivity index (χ4n) is 4.17. The maximum atomic E-state index is 13.3. The molecule has 4 rings (SSSR count). The fourth-order valence-corrected chi connectivity index (χ4v) is 4.17. The maximum absolute atomic E-state index is 13.3. The number of carbonyl (C=O) groups is 1. The number of fused-ring (bicyclic) bond motifs is 1. The van der Waals surface area contributed by atoms with Gasteiger partial charge in [0, 0.05) is 11.9 Å². The van der Waals surface area contributed by atoms with Gasteiger partial charge >= 0.3 is 0 Å². The van der Waals surface area contributed by atoms with E-state index in [1.54, 1.807) is 0 Å². The first-order valence-corrected chi connectivity index (χ1v) is 10.3. The van der Waals surface area contributed by atoms with Crippen molar-refractivity contribution < 1.29 is 9.90 Å². The summed E-state index contributed by atoms with van der Waals surface area (Å²) in [4.78, 5) is 20.2. The van der Waals surface area contributed by atoms with Crippen LogP contribution in [0, 0.1) is 0 Å². The topological polar surface area (TPSA) is 65.5 Å². The maximum Gasteiger partial charge on any atom is 0.252 e. The normalized spacial score (nSPS) is 17.4. The Morgan fingerprint density at radius 2 is 1.97 bits per heavy atom. The molecule has 0 saturated carbocycles. The molecule has 5 nitrogen and oxygen atoms in total. The van der Waals surface area contributed by atoms with Gasteiger partial charge in [-0.3, -0.25) is 4.79 Å². The lowest BCUT2D eigenvalue weighted by Crippen LogP contribution is -2.33. The molecule has 1 unspecified atom stereocenters. The van der Waals surface area contributed by atoms with E-state index in [0.717, 1.165) is 48.1 Å². The lowest BCUT2D eigenvalue weighted by molar-refractivity contribution is 0.0937. The smallest absolute Gasteiger partial charge is 0.252 e. The van der Waals surface area contributed by atoms with E-state index in [2.05, 4.69) is 17.1 Å². The predicted molar refractivity (Wildman–Crippen MR) is 116 cm³/mol. The monoisotopic (exact) mass is 389 g/mol. The number of amides is 1. The highest BCUT2D eigenvalue weighted by Crippen LogP contribution is 2.29. The molecule has 2 N–H and O–H groups in total. The van der Waals surface area contributed by atoms with Crippen LogP contribution >= 0.6 is 0 Å². The summed E-state index contributed by atoms with van der Waals surface area (Å²) in [5.41, 5.74) is 2.52. The van der Waals surface area contributed by atoms with Crippen LogP contribution in [0.1, 0.15) is 48.1 Å². The van der Waals surface area contributed by atoms with Crippen molar-refractivity contribution in [1.82, 2.24) is 10.3 Å². The van der Waals surface area contributed by atoms with Crippen molar-refractivity contribution in [2.24, 2.45) is 0 Å². The molecule has 2 aromatic carbocycles. The van der Waals surface area contributed by atoms with Crippen LogP contribution in [0.2, 0.25) is 0 Å². The van der Waals surface area contributed by atoms with E-state index in [1.807, 2.05) is 60.7 Å². The highest BCUT2D eigenvalue weighted by Gasteiger charge is 2.26. The van der Waals surface area contributed by atoms with Crippen LogP contribution in [0.15, 0.2) is 60.7 Å². The number of carbonyl (C=O) groups excluding carboxylic acids is 1. The van der Waals surface area contributed by atoms with E-state index < -0.39 is 0 Å². The summed E-state index contributed by atoms with van der Waals surface area (Å²) >= 11 is 0. The zero-order valence-corrected chi connectivity index (χ0v) is 16.7. The number of anilines is 1. The molecule has 1 saturated heterocycles. The summed E-state index contributed by atoms with van der Waals surface area (Å²) in [6.07, 6.45) is 2.77. The first-order chi connectivity index (χ1) is 14.2. The molecule has 1 aromatic heterocycles. The Hall–Kier alpha value is -2.92. The van der Waals surface area contributed by atoms with Gasteiger partial charge in [-0.2, -0.15) is 0 Å². The Bertz CT molecular complexity index is 990. The van der Waals surface area contributed by atoms with E-state index in [9.17, 15) is 9.90 Å². The molecule has 150 valence electrons. The minimum atomic E-state index is -0.0969. The Kier molecular flexibility index (Phi) is 5.76. The molecular weight excluding hydrogens is 362 g/mol. The zero-order chi connectivity index (χ0) is 20.2. The number of pyridine rings is 1. The molecule has 29 heavy (non-hydrogen) atoms. The van der Waals surface area contributed by atoms with Crippen LogP contribution in [0.25, 0.3) is 10.9 Å². The lowest BCUT2D eigenvalue weighted by atomic mass is 10.0. The molecule has 1 aliphatic rings. The first-order valence-electron chi connectivity index (χ1n) is 10.3. The molecule has 3 aromatic rings. The van der Waals surface area contributed by atoms with Gasteiger partial charge in [0.05, 0.1) is 29.8 Å². The summed E-state index contributed by atoms with van der Waals surface area (Å²) in [6, 6.07) is 19.7. The minimum Gasteiger partial charge on any atom is -0.394 e. The molecule has 1 fully saturated rings. The van der Waals surface area contributed by atoms with Gasteiger partial charge in [-0.25, -0.2) is 4.98 Å². The van der Waals surface area contributed by atoms with Gasteiger partial charge in [0.1, 0.15) is 5.82 Å². The molecule has 0 spiro atoms. The lowest BCUT2D eigenvalue weighted by Gasteiger charge is -2.25. The SMILES string of the molecule is CCC(NC(=O)c1cc(N2CCC[C@H]2CO)nc2ccccc12)c1ccccc1. The van der Waals surface area contributed by atoms with Gasteiger partial charge in [-0.15, -0.1) is 0 Å². The summed E-state index contributed by atoms with van der Waals surface area (Å²) in [5, 5.41) is 13.8. The van der Waals surface area contributed by atoms with E-state index in [-0.39, 0.29) is 24.6 Å². The Balaban J connectivity index is 1.71. The second-order valence-corrected chi connectivity index (χ2v) is 7.56. The molecule has 2 atom stereocenters. The van der Waals surface area contributed by atoms with Gasteiger partial charge in [-0.05, 0) is 37.0 Å². The van der Waals surface area contributed by atoms with Crippen LogP contribution in [-0.2, 0) is 0 Å². The number of nitrogens with one attached hydrogen (secondary N) is 1. The van der Waals surface area contributed by atoms with Crippen LogP contribution < -0.4 is 10.2 Å². The number of aliphatic hydroxyl groups excluding tert-OH is 1. The molecule has 1 aliphatic heterocycles. The average molecular weight is 389 g/mol. The minimum absolute atomic E-state index is 0.0453. The number of rotatable bonds is 6. The molecular formula is C24H27N3O2. The van der Waals surface area contributed by atoms with E-state index in [1.165, 1.54) is 0 Å². The Morgan fingerprint density at radius 1 is 1.21 bits per heavy atom. The second kappa shape index (κ2) is 8.62. The van der Waals surface area contributed by atoms with Gasteiger partial charge in [0.2, 0.25) is 0 Å². The number of para-hydroxylation sites is 1. The van der Waals surface area contributed by atoms with Crippen molar-refractivity contribution >= 4 is 22.6 Å². The fraction of sp³-hybridized carbons (Fsp3) is 0.333. The van der Waals surface area contributed by atoms with Crippen LogP contribution in [0.3, 0.4) is 0 Å². The van der Waals surface area contributed by atoms with E-state index in [4.69, 9.17) is 4.98 Å². The van der Waals surface area contributed by atoms with Crippen molar-refractivity contribution in [2.45, 2.75) is 38.3 Å². The summed E-state index contributed by atoms with van der Waals surface area (Å²) in [5.74, 6) is 0.665. The highest BCUT2D eigenvalue weighted by atomic mass is 16.3. The molecule has 1 amide bonds. The third kappa shape index (κ3) is 3.96. The largest absolute Gasteiger partial charge is 0.394 e. The molecule has 0 radical (unpaired) electrons. The third-order valence-corrected chi connectivity index (χ3v) is 5.74. The van der Waals surface area contributed by atoms with Crippen molar-refractivity contribution in [2.75, 3.05) is 18.1 Å². The van der Waals surface area contributed by atoms with Gasteiger partial charge in [-0.1, -0.05) is 55.5 Å². The van der Waals surface area contributed by atoms with Crippen LogP contribution in [0.4, 0.5) is 5.82 Å². The average Bonchev–Trinajstić information content (AvgIpc) is 3.26. The first kappa shape index (κ1) is 19.4. The van der Waals surface area contributed by atoms with E-state index in [0.29, 0.717) is 5.56 Å². The van der Waals surface area contributed by atoms with Crippen molar-refractivity contribution in [3.63, 3.8) is 0 Å². The Labute approximate surface area is 171 Å². The quantitative estimate of drug-likeness (QED) is 0.667. The molecule has 0 bridgehead atoms. The third-order valence-electron chi connectivity index (χ3n) is 5.74. The summed E-state index contributed by atoms with van der Waals surface area (Å²) in [6.45, 7) is 3.02. The highest BCUT2D eigenvalue weighted by molar-refractivity contribution is 6.07. The van der Waals surface area contributed by atoms with Gasteiger partial charge < -0.3 is 15.3 Å². The number of hydrogen-bond donors (Lipinski definition) is 2. The molecule has 2 heterocycles. The predicted octanol–water partition coefficient (Wildman–Crippen LogP) is 4.08. The van der Waals surface area contributed by atoms with Crippen LogP contribution in [0.5, 0.6) is 0 Å². The molecule has 5 heteroatoms. The van der Waals surface area contributed by atoms with Crippen molar-refractivity contribution in [3.05, 3.63) is 71.8 Å². The summed E-state index contributed by atoms with van der Waals surface area (Å²) in [7, 11) is 0. The van der Waals surface area contributed by atoms with E-state index >= 15 is 0 Å². The number of benzene rings is 2. The Morgan fingerprint density at radius 3 is 2.72 bits per heavy atom. The van der Waals surface area contributed by atoms with Crippen molar-refractivity contribution in [3.8, 4) is 0 Å². The standard InChI is InChI=1S/C24H27N3O2/c1-2-21(17-9-4-3-5-10-17)26-24(29)20-15-23(27-14-8-11-18(27)16-28)25-22-13-7-6-12-19(20)22/h3-7,9-10,12-13,15,18,21,28H,2,8,11,14,16H2,1H3,(H,26,29)/t18-,21?/m0/s1.